The summed E-state index contributed by atoms with van der Waals surface area (Å²) in [5.41, 5.74) is 4.81. The topological polar surface area (TPSA) is 58.6 Å². The SMILES string of the molecule is O=C(NN1C(=O)C(=Cc2ccc(OC(F)F)cc2)SC1=S)C(c1ccccc1)c1ccccc1. The molecule has 1 aliphatic rings. The molecule has 3 aromatic rings. The molecule has 4 rings (SSSR count). The summed E-state index contributed by atoms with van der Waals surface area (Å²) in [6, 6.07) is 24.4. The lowest BCUT2D eigenvalue weighted by molar-refractivity contribution is -0.133. The van der Waals surface area contributed by atoms with Gasteiger partial charge in [-0.05, 0) is 47.1 Å². The molecule has 1 N–H and O–H groups in total. The van der Waals surface area contributed by atoms with E-state index >= 15 is 0 Å². The van der Waals surface area contributed by atoms with Crippen molar-refractivity contribution in [2.75, 3.05) is 0 Å². The minimum atomic E-state index is -2.92. The molecule has 2 amide bonds. The molecule has 9 heteroatoms. The number of thiocarbonyl (C=S) groups is 1. The molecule has 172 valence electrons. The molecule has 34 heavy (non-hydrogen) atoms. The Morgan fingerprint density at radius 2 is 1.50 bits per heavy atom. The molecule has 0 spiro atoms. The third-order valence-corrected chi connectivity index (χ3v) is 6.25. The summed E-state index contributed by atoms with van der Waals surface area (Å²) in [4.78, 5) is 26.6. The summed E-state index contributed by atoms with van der Waals surface area (Å²) in [5.74, 6) is -1.50. The number of ether oxygens (including phenoxy) is 1. The number of hydrogen-bond donors (Lipinski definition) is 1. The molecule has 0 saturated carbocycles. The second-order valence-corrected chi connectivity index (χ2v) is 8.87. The summed E-state index contributed by atoms with van der Waals surface area (Å²) in [5, 5.41) is 1.06. The Labute approximate surface area is 204 Å². The summed E-state index contributed by atoms with van der Waals surface area (Å²) in [6.45, 7) is -2.92. The highest BCUT2D eigenvalue weighted by atomic mass is 32.2. The Hall–Kier alpha value is -3.56. The van der Waals surface area contributed by atoms with Crippen LogP contribution >= 0.6 is 24.0 Å². The molecule has 0 aliphatic carbocycles. The van der Waals surface area contributed by atoms with E-state index in [0.717, 1.165) is 27.9 Å². The van der Waals surface area contributed by atoms with Gasteiger partial charge in [0.05, 0.1) is 10.8 Å². The van der Waals surface area contributed by atoms with Crippen molar-refractivity contribution in [1.82, 2.24) is 10.4 Å². The normalized spacial score (nSPS) is 14.8. The number of rotatable bonds is 7. The van der Waals surface area contributed by atoms with E-state index in [4.69, 9.17) is 12.2 Å². The number of carbonyl (C=O) groups is 2. The van der Waals surface area contributed by atoms with Crippen molar-refractivity contribution >= 4 is 46.2 Å². The van der Waals surface area contributed by atoms with E-state index in [1.54, 1.807) is 18.2 Å². The highest BCUT2D eigenvalue weighted by molar-refractivity contribution is 8.26. The highest BCUT2D eigenvalue weighted by Crippen LogP contribution is 2.33. The first-order valence-corrected chi connectivity index (χ1v) is 11.4. The van der Waals surface area contributed by atoms with E-state index in [0.29, 0.717) is 10.5 Å². The number of nitrogens with one attached hydrogen (secondary N) is 1. The van der Waals surface area contributed by atoms with Crippen LogP contribution in [0.15, 0.2) is 89.8 Å². The summed E-state index contributed by atoms with van der Waals surface area (Å²) in [7, 11) is 0. The van der Waals surface area contributed by atoms with E-state index in [1.165, 1.54) is 12.1 Å². The van der Waals surface area contributed by atoms with Crippen molar-refractivity contribution in [3.8, 4) is 5.75 Å². The molecule has 5 nitrogen and oxygen atoms in total. The van der Waals surface area contributed by atoms with Gasteiger partial charge in [0.25, 0.3) is 11.8 Å². The lowest BCUT2D eigenvalue weighted by Gasteiger charge is -2.22. The second-order valence-electron chi connectivity index (χ2n) is 7.20. The van der Waals surface area contributed by atoms with Crippen molar-refractivity contribution < 1.29 is 23.1 Å². The first-order valence-electron chi connectivity index (χ1n) is 10.2. The molecule has 1 heterocycles. The Bertz CT molecular complexity index is 1180. The maximum absolute atomic E-state index is 13.3. The number of carbonyl (C=O) groups excluding carboxylic acids is 2. The van der Waals surface area contributed by atoms with Gasteiger partial charge in [0, 0.05) is 0 Å². The second kappa shape index (κ2) is 10.6. The largest absolute Gasteiger partial charge is 0.435 e. The number of halogens is 2. The molecule has 0 aromatic heterocycles. The van der Waals surface area contributed by atoms with Crippen LogP contribution in [0.4, 0.5) is 8.78 Å². The zero-order valence-corrected chi connectivity index (χ0v) is 19.2. The van der Waals surface area contributed by atoms with Crippen LogP contribution in [0.3, 0.4) is 0 Å². The van der Waals surface area contributed by atoms with Crippen molar-refractivity contribution in [3.05, 3.63) is 107 Å². The average Bonchev–Trinajstić information content (AvgIpc) is 3.09. The van der Waals surface area contributed by atoms with Gasteiger partial charge in [0.1, 0.15) is 5.75 Å². The van der Waals surface area contributed by atoms with Crippen LogP contribution in [-0.4, -0.2) is 27.8 Å². The van der Waals surface area contributed by atoms with E-state index in [1.807, 2.05) is 60.7 Å². The van der Waals surface area contributed by atoms with Gasteiger partial charge in [-0.15, -0.1) is 0 Å². The Morgan fingerprint density at radius 1 is 0.941 bits per heavy atom. The van der Waals surface area contributed by atoms with Gasteiger partial charge in [-0.1, -0.05) is 84.6 Å². The fourth-order valence-corrected chi connectivity index (χ4v) is 4.60. The van der Waals surface area contributed by atoms with Gasteiger partial charge in [0.15, 0.2) is 4.32 Å². The standard InChI is InChI=1S/C25H18F2N2O3S2/c26-24(27)32-19-13-11-16(12-14-19)15-20-23(31)29(25(33)34-20)28-22(30)21(17-7-3-1-4-8-17)18-9-5-2-6-10-18/h1-15,21,24H,(H,28,30). The first kappa shape index (κ1) is 23.6. The predicted molar refractivity (Wildman–Crippen MR) is 131 cm³/mol. The van der Waals surface area contributed by atoms with Crippen LogP contribution in [0.25, 0.3) is 6.08 Å². The predicted octanol–water partition coefficient (Wildman–Crippen LogP) is 5.35. The maximum Gasteiger partial charge on any atom is 0.387 e. The molecule has 0 atom stereocenters. The number of amides is 2. The summed E-state index contributed by atoms with van der Waals surface area (Å²) < 4.78 is 29.2. The third kappa shape index (κ3) is 5.49. The van der Waals surface area contributed by atoms with Gasteiger partial charge >= 0.3 is 6.61 Å². The van der Waals surface area contributed by atoms with E-state index in [9.17, 15) is 18.4 Å². The Morgan fingerprint density at radius 3 is 2.03 bits per heavy atom. The lowest BCUT2D eigenvalue weighted by Crippen LogP contribution is -2.46. The number of hydrazine groups is 1. The number of benzene rings is 3. The minimum absolute atomic E-state index is 0.0137. The number of hydrogen-bond acceptors (Lipinski definition) is 5. The summed E-state index contributed by atoms with van der Waals surface area (Å²) in [6.07, 6.45) is 1.57. The first-order chi connectivity index (χ1) is 16.4. The molecule has 1 fully saturated rings. The van der Waals surface area contributed by atoms with Crippen LogP contribution in [0.2, 0.25) is 0 Å². The van der Waals surface area contributed by atoms with Crippen LogP contribution < -0.4 is 10.2 Å². The van der Waals surface area contributed by atoms with Crippen LogP contribution in [0, 0.1) is 0 Å². The van der Waals surface area contributed by atoms with Gasteiger partial charge in [-0.25, -0.2) is 0 Å². The van der Waals surface area contributed by atoms with Gasteiger partial charge < -0.3 is 4.74 Å². The fraction of sp³-hybridized carbons (Fsp3) is 0.0800. The number of alkyl halides is 2. The summed E-state index contributed by atoms with van der Waals surface area (Å²) >= 11 is 6.37. The molecule has 0 radical (unpaired) electrons. The number of nitrogens with zero attached hydrogens (tertiary/aromatic N) is 1. The van der Waals surface area contributed by atoms with Crippen molar-refractivity contribution in [1.29, 1.82) is 0 Å². The zero-order valence-electron chi connectivity index (χ0n) is 17.6. The van der Waals surface area contributed by atoms with E-state index in [2.05, 4.69) is 10.2 Å². The van der Waals surface area contributed by atoms with Gasteiger partial charge in [0.2, 0.25) is 0 Å². The van der Waals surface area contributed by atoms with Crippen molar-refractivity contribution in [2.24, 2.45) is 0 Å². The third-order valence-electron chi connectivity index (χ3n) is 4.95. The molecule has 0 unspecified atom stereocenters. The minimum Gasteiger partial charge on any atom is -0.435 e. The number of thioether (sulfide) groups is 1. The average molecular weight is 497 g/mol. The van der Waals surface area contributed by atoms with Crippen LogP contribution in [-0.2, 0) is 9.59 Å². The van der Waals surface area contributed by atoms with Crippen LogP contribution in [0.1, 0.15) is 22.6 Å². The lowest BCUT2D eigenvalue weighted by atomic mass is 9.91. The Kier molecular flexibility index (Phi) is 7.34. The zero-order chi connectivity index (χ0) is 24.1. The highest BCUT2D eigenvalue weighted by Gasteiger charge is 2.35. The van der Waals surface area contributed by atoms with Crippen LogP contribution in [0.5, 0.6) is 5.75 Å². The molecular formula is C25H18F2N2O3S2. The smallest absolute Gasteiger partial charge is 0.387 e. The molecular weight excluding hydrogens is 478 g/mol. The Balaban J connectivity index is 1.53. The van der Waals surface area contributed by atoms with Gasteiger partial charge in [-0.2, -0.15) is 13.8 Å². The van der Waals surface area contributed by atoms with Gasteiger partial charge in [-0.3, -0.25) is 15.0 Å². The molecule has 1 saturated heterocycles. The molecule has 0 bridgehead atoms. The monoisotopic (exact) mass is 496 g/mol. The molecule has 1 aliphatic heterocycles. The molecule has 3 aromatic carbocycles. The fourth-order valence-electron chi connectivity index (χ4n) is 3.42. The van der Waals surface area contributed by atoms with E-state index < -0.39 is 24.3 Å². The van der Waals surface area contributed by atoms with E-state index in [-0.39, 0.29) is 10.1 Å². The van der Waals surface area contributed by atoms with Crippen molar-refractivity contribution in [3.63, 3.8) is 0 Å². The quantitative estimate of drug-likeness (QED) is 0.353. The van der Waals surface area contributed by atoms with Crippen molar-refractivity contribution in [2.45, 2.75) is 12.5 Å². The maximum atomic E-state index is 13.3.